The first-order valence-electron chi connectivity index (χ1n) is 5.10. The number of nitroso groups, excluding NO2 is 1. The Morgan fingerprint density at radius 1 is 1.29 bits per heavy atom. The molecule has 86 valence electrons. The van der Waals surface area contributed by atoms with E-state index in [9.17, 15) is 9.70 Å². The molecule has 1 aromatic carbocycles. The molecule has 5 heteroatoms. The molecule has 0 bridgehead atoms. The summed E-state index contributed by atoms with van der Waals surface area (Å²) < 4.78 is 0. The van der Waals surface area contributed by atoms with Crippen molar-refractivity contribution in [3.8, 4) is 0 Å². The van der Waals surface area contributed by atoms with Crippen LogP contribution in [0.4, 0.5) is 0 Å². The molecule has 0 radical (unpaired) electrons. The van der Waals surface area contributed by atoms with Crippen molar-refractivity contribution in [3.63, 3.8) is 0 Å². The maximum atomic E-state index is 11.4. The van der Waals surface area contributed by atoms with Crippen LogP contribution in [0.5, 0.6) is 0 Å². The summed E-state index contributed by atoms with van der Waals surface area (Å²) in [6.07, 6.45) is 1.78. The van der Waals surface area contributed by atoms with E-state index in [1.807, 2.05) is 30.3 Å². The minimum atomic E-state index is -0.480. The second kappa shape index (κ2) is 4.61. The topological polar surface area (TPSA) is 70.6 Å². The number of benzene rings is 1. The van der Waals surface area contributed by atoms with E-state index >= 15 is 0 Å². The number of nitrogens with one attached hydrogen (secondary N) is 2. The Balaban J connectivity index is 2.42. The molecule has 17 heavy (non-hydrogen) atoms. The smallest absolute Gasteiger partial charge is 0.280 e. The Labute approximate surface area is 98.2 Å². The predicted octanol–water partition coefficient (Wildman–Crippen LogP) is 1.35. The third-order valence-corrected chi connectivity index (χ3v) is 2.42. The summed E-state index contributed by atoms with van der Waals surface area (Å²) in [5.41, 5.74) is 1.80. The van der Waals surface area contributed by atoms with Gasteiger partial charge in [0.05, 0.1) is 11.4 Å². The third kappa shape index (κ3) is 2.08. The first-order valence-corrected chi connectivity index (χ1v) is 5.10. The molecule has 1 aliphatic rings. The van der Waals surface area contributed by atoms with Crippen LogP contribution >= 0.6 is 0 Å². The zero-order valence-electron chi connectivity index (χ0n) is 9.23. The van der Waals surface area contributed by atoms with Crippen LogP contribution in [0.2, 0.25) is 0 Å². The van der Waals surface area contributed by atoms with Crippen molar-refractivity contribution < 1.29 is 4.79 Å². The molecule has 1 heterocycles. The molecular formula is C12H11N3O2. The second-order valence-electron chi connectivity index (χ2n) is 3.49. The fraction of sp³-hybridized carbons (Fsp3) is 0.0833. The van der Waals surface area contributed by atoms with E-state index in [0.717, 1.165) is 5.56 Å². The zero-order valence-corrected chi connectivity index (χ0v) is 9.23. The fourth-order valence-electron chi connectivity index (χ4n) is 1.65. The maximum absolute atomic E-state index is 11.4. The molecule has 0 saturated heterocycles. The standard InChI is InChI=1S/C12H11N3O2/c1-13-10-9(14-12(16)11(10)15-17)7-8-5-3-2-4-6-8/h2-7,13H,1H3,(H,14,16)/b9-7-. The van der Waals surface area contributed by atoms with Gasteiger partial charge in [-0.15, -0.1) is 4.91 Å². The van der Waals surface area contributed by atoms with E-state index in [4.69, 9.17) is 0 Å². The van der Waals surface area contributed by atoms with Crippen LogP contribution in [0.15, 0.2) is 52.6 Å². The van der Waals surface area contributed by atoms with Gasteiger partial charge < -0.3 is 10.6 Å². The van der Waals surface area contributed by atoms with Crippen LogP contribution in [0.3, 0.4) is 0 Å². The molecule has 1 aromatic rings. The first-order chi connectivity index (χ1) is 8.26. The number of nitrogens with zero attached hydrogens (tertiary/aromatic N) is 1. The van der Waals surface area contributed by atoms with Gasteiger partial charge in [0.25, 0.3) is 5.91 Å². The molecule has 2 N–H and O–H groups in total. The first kappa shape index (κ1) is 11.1. The molecular weight excluding hydrogens is 218 g/mol. The SMILES string of the molecule is CNC1=C(N=O)C(=O)N/C1=C\c1ccccc1. The van der Waals surface area contributed by atoms with Crippen molar-refractivity contribution in [2.45, 2.75) is 0 Å². The van der Waals surface area contributed by atoms with Crippen molar-refractivity contribution in [2.24, 2.45) is 5.18 Å². The molecule has 5 nitrogen and oxygen atoms in total. The Bertz CT molecular complexity index is 518. The number of carbonyl (C=O) groups is 1. The highest BCUT2D eigenvalue weighted by atomic mass is 16.3. The van der Waals surface area contributed by atoms with Gasteiger partial charge in [0.2, 0.25) is 0 Å². The van der Waals surface area contributed by atoms with Crippen molar-refractivity contribution in [3.05, 3.63) is 57.9 Å². The molecule has 0 saturated carbocycles. The molecule has 0 atom stereocenters. The largest absolute Gasteiger partial charge is 0.384 e. The number of hydrogen-bond acceptors (Lipinski definition) is 4. The fourth-order valence-corrected chi connectivity index (χ4v) is 1.65. The lowest BCUT2D eigenvalue weighted by Gasteiger charge is -2.03. The third-order valence-electron chi connectivity index (χ3n) is 2.42. The molecule has 1 aliphatic heterocycles. The lowest BCUT2D eigenvalue weighted by Crippen LogP contribution is -2.16. The van der Waals surface area contributed by atoms with Crippen LogP contribution < -0.4 is 10.6 Å². The van der Waals surface area contributed by atoms with E-state index in [2.05, 4.69) is 15.8 Å². The summed E-state index contributed by atoms with van der Waals surface area (Å²) in [7, 11) is 1.64. The van der Waals surface area contributed by atoms with Gasteiger partial charge in [-0.25, -0.2) is 0 Å². The van der Waals surface area contributed by atoms with Crippen molar-refractivity contribution in [1.29, 1.82) is 0 Å². The average Bonchev–Trinajstić information content (AvgIpc) is 2.65. The molecule has 0 unspecified atom stereocenters. The van der Waals surface area contributed by atoms with Crippen molar-refractivity contribution in [2.75, 3.05) is 7.05 Å². The summed E-state index contributed by atoms with van der Waals surface area (Å²) >= 11 is 0. The predicted molar refractivity (Wildman–Crippen MR) is 64.4 cm³/mol. The Hall–Kier alpha value is -2.43. The van der Waals surface area contributed by atoms with E-state index in [1.54, 1.807) is 13.1 Å². The summed E-state index contributed by atoms with van der Waals surface area (Å²) in [6, 6.07) is 9.50. The summed E-state index contributed by atoms with van der Waals surface area (Å²) in [6.45, 7) is 0. The van der Waals surface area contributed by atoms with E-state index < -0.39 is 5.91 Å². The van der Waals surface area contributed by atoms with E-state index in [0.29, 0.717) is 11.4 Å². The highest BCUT2D eigenvalue weighted by Crippen LogP contribution is 2.20. The lowest BCUT2D eigenvalue weighted by molar-refractivity contribution is -0.116. The summed E-state index contributed by atoms with van der Waals surface area (Å²) in [5, 5.41) is 8.12. The number of carbonyl (C=O) groups excluding carboxylic acids is 1. The highest BCUT2D eigenvalue weighted by molar-refractivity contribution is 6.00. The number of rotatable bonds is 3. The van der Waals surface area contributed by atoms with Gasteiger partial charge in [-0.05, 0) is 16.8 Å². The molecule has 0 aromatic heterocycles. The van der Waals surface area contributed by atoms with E-state index in [1.165, 1.54) is 0 Å². The minimum Gasteiger partial charge on any atom is -0.384 e. The van der Waals surface area contributed by atoms with Crippen LogP contribution in [-0.2, 0) is 4.79 Å². The molecule has 0 fully saturated rings. The summed E-state index contributed by atoms with van der Waals surface area (Å²) in [4.78, 5) is 22.0. The van der Waals surface area contributed by atoms with Crippen LogP contribution in [0.25, 0.3) is 6.08 Å². The van der Waals surface area contributed by atoms with Gasteiger partial charge >= 0.3 is 0 Å². The van der Waals surface area contributed by atoms with Gasteiger partial charge in [-0.1, -0.05) is 30.3 Å². The van der Waals surface area contributed by atoms with Gasteiger partial charge in [-0.3, -0.25) is 4.79 Å². The molecule has 2 rings (SSSR count). The van der Waals surface area contributed by atoms with Gasteiger partial charge in [0.1, 0.15) is 0 Å². The quantitative estimate of drug-likeness (QED) is 0.769. The Morgan fingerprint density at radius 3 is 2.59 bits per heavy atom. The highest BCUT2D eigenvalue weighted by Gasteiger charge is 2.27. The monoisotopic (exact) mass is 229 g/mol. The van der Waals surface area contributed by atoms with Crippen LogP contribution in [0, 0.1) is 4.91 Å². The minimum absolute atomic E-state index is 0.116. The zero-order chi connectivity index (χ0) is 12.3. The number of hydrogen-bond donors (Lipinski definition) is 2. The Kier molecular flexibility index (Phi) is 3.00. The van der Waals surface area contributed by atoms with Crippen molar-refractivity contribution >= 4 is 12.0 Å². The second-order valence-corrected chi connectivity index (χ2v) is 3.49. The number of amides is 1. The number of likely N-dealkylation sites (N-methyl/N-ethyl adjacent to an activating group) is 1. The van der Waals surface area contributed by atoms with Crippen LogP contribution in [-0.4, -0.2) is 13.0 Å². The molecule has 0 spiro atoms. The Morgan fingerprint density at radius 2 is 2.00 bits per heavy atom. The van der Waals surface area contributed by atoms with E-state index in [-0.39, 0.29) is 5.70 Å². The lowest BCUT2D eigenvalue weighted by atomic mass is 10.2. The molecule has 1 amide bonds. The van der Waals surface area contributed by atoms with Gasteiger partial charge in [0, 0.05) is 7.05 Å². The average molecular weight is 229 g/mol. The molecule has 0 aliphatic carbocycles. The summed E-state index contributed by atoms with van der Waals surface area (Å²) in [5.74, 6) is -0.480. The maximum Gasteiger partial charge on any atom is 0.280 e. The van der Waals surface area contributed by atoms with Gasteiger partial charge in [0.15, 0.2) is 5.70 Å². The van der Waals surface area contributed by atoms with Gasteiger partial charge in [-0.2, -0.15) is 0 Å². The normalized spacial score (nSPS) is 17.2. The van der Waals surface area contributed by atoms with Crippen LogP contribution in [0.1, 0.15) is 5.56 Å². The van der Waals surface area contributed by atoms with Crippen molar-refractivity contribution in [1.82, 2.24) is 10.6 Å².